The highest BCUT2D eigenvalue weighted by molar-refractivity contribution is 7.47. The van der Waals surface area contributed by atoms with Gasteiger partial charge in [0.1, 0.15) is 13.2 Å². The number of carbonyl (C=O) groups excluding carboxylic acids is 2. The molecule has 0 aliphatic carbocycles. The predicted molar refractivity (Wildman–Crippen MR) is 142 cm³/mol. The fourth-order valence-electron chi connectivity index (χ4n) is 3.81. The van der Waals surface area contributed by atoms with E-state index in [9.17, 15) is 24.2 Å². The van der Waals surface area contributed by atoms with Gasteiger partial charge >= 0.3 is 13.8 Å². The number of ether oxygens (including phenoxy) is 1. The molecule has 0 aromatic heterocycles. The molecule has 0 amide bonds. The molecule has 0 radical (unpaired) electrons. The van der Waals surface area contributed by atoms with E-state index in [1.54, 1.807) is 0 Å². The first-order valence-corrected chi connectivity index (χ1v) is 15.2. The molecule has 0 aliphatic rings. The van der Waals surface area contributed by atoms with Crippen molar-refractivity contribution in [1.82, 2.24) is 0 Å². The van der Waals surface area contributed by atoms with Crippen molar-refractivity contribution >= 4 is 19.6 Å². The van der Waals surface area contributed by atoms with Crippen LogP contribution in [0.25, 0.3) is 0 Å². The highest BCUT2D eigenvalue weighted by Crippen LogP contribution is 2.45. The van der Waals surface area contributed by atoms with Crippen molar-refractivity contribution in [3.63, 3.8) is 0 Å². The lowest BCUT2D eigenvalue weighted by molar-refractivity contribution is -0.870. The molecule has 2 unspecified atom stereocenters. The van der Waals surface area contributed by atoms with Crippen LogP contribution in [-0.4, -0.2) is 79.3 Å². The normalized spacial score (nSPS) is 15.3. The number of likely N-dealkylation sites (N-methyl/N-ethyl adjacent to an activating group) is 1. The van der Waals surface area contributed by atoms with Gasteiger partial charge in [-0.2, -0.15) is 0 Å². The number of hydrogen-bond donors (Lipinski definition) is 2. The van der Waals surface area contributed by atoms with Gasteiger partial charge in [-0.3, -0.25) is 18.6 Å². The fraction of sp³-hybridized carbons (Fsp3) is 0.923. The number of nitrogens with zero attached hydrogens (tertiary/aromatic N) is 1. The number of aliphatic hydroxyl groups is 1. The Balaban J connectivity index is 4.47. The molecule has 2 N–H and O–H groups in total. The molecule has 10 heteroatoms. The third kappa shape index (κ3) is 20.3. The van der Waals surface area contributed by atoms with Gasteiger partial charge in [-0.1, -0.05) is 84.0 Å². The number of quaternary nitrogens is 1. The number of phosphoric ester groups is 1. The maximum atomic E-state index is 12.8. The molecule has 0 saturated heterocycles. The summed E-state index contributed by atoms with van der Waals surface area (Å²) in [6.45, 7) is 3.03. The number of Topliss-reactive ketones (excluding diaryl/α,β-unsaturated/α-hetero) is 1. The second-order valence-corrected chi connectivity index (χ2v) is 12.0. The standard InChI is InChI=1S/C26H52NO8P/c1-6-7-8-9-10-11-12-13-14-15-16-17-18-19-24(30)26(25(22-28)34-23(2)29)35-36(31,32)33-21-20-27(3,4)5/h25-26,28H,6-22H2,1-5H3/p+1/t25-,26?/m0/s1. The van der Waals surface area contributed by atoms with E-state index in [0.29, 0.717) is 17.4 Å². The number of carbonyl (C=O) groups is 2. The first-order chi connectivity index (χ1) is 16.9. The lowest BCUT2D eigenvalue weighted by Gasteiger charge is -2.27. The van der Waals surface area contributed by atoms with Crippen LogP contribution in [0.4, 0.5) is 0 Å². The molecule has 214 valence electrons. The Morgan fingerprint density at radius 1 is 0.861 bits per heavy atom. The minimum Gasteiger partial charge on any atom is -0.457 e. The largest absolute Gasteiger partial charge is 0.473 e. The summed E-state index contributed by atoms with van der Waals surface area (Å²) in [4.78, 5) is 34.4. The van der Waals surface area contributed by atoms with E-state index < -0.39 is 38.4 Å². The quantitative estimate of drug-likeness (QED) is 0.0748. The van der Waals surface area contributed by atoms with Crippen LogP contribution in [0.15, 0.2) is 0 Å². The van der Waals surface area contributed by atoms with Crippen LogP contribution >= 0.6 is 7.82 Å². The van der Waals surface area contributed by atoms with E-state index in [0.717, 1.165) is 26.2 Å². The Morgan fingerprint density at radius 2 is 1.33 bits per heavy atom. The molecule has 3 atom stereocenters. The van der Waals surface area contributed by atoms with Crippen LogP contribution in [0, 0.1) is 0 Å². The summed E-state index contributed by atoms with van der Waals surface area (Å²) >= 11 is 0. The van der Waals surface area contributed by atoms with Crippen molar-refractivity contribution < 1.29 is 42.4 Å². The number of rotatable bonds is 24. The van der Waals surface area contributed by atoms with E-state index in [2.05, 4.69) is 6.92 Å². The van der Waals surface area contributed by atoms with Crippen LogP contribution in [0.3, 0.4) is 0 Å². The molecule has 9 nitrogen and oxygen atoms in total. The third-order valence-corrected chi connectivity index (χ3v) is 6.94. The van der Waals surface area contributed by atoms with E-state index in [-0.39, 0.29) is 13.0 Å². The van der Waals surface area contributed by atoms with Crippen molar-refractivity contribution in [2.45, 2.75) is 116 Å². The van der Waals surface area contributed by atoms with E-state index in [4.69, 9.17) is 13.8 Å². The summed E-state index contributed by atoms with van der Waals surface area (Å²) in [5.74, 6) is -1.22. The maximum absolute atomic E-state index is 12.8. The zero-order chi connectivity index (χ0) is 27.5. The molecular weight excluding hydrogens is 485 g/mol. The molecular formula is C26H53NO8P+. The summed E-state index contributed by atoms with van der Waals surface area (Å²) < 4.78 is 28.1. The van der Waals surface area contributed by atoms with Gasteiger partial charge in [-0.05, 0) is 6.42 Å². The average molecular weight is 539 g/mol. The first-order valence-electron chi connectivity index (χ1n) is 13.7. The minimum absolute atomic E-state index is 0.0611. The van der Waals surface area contributed by atoms with Gasteiger partial charge in [0, 0.05) is 13.3 Å². The van der Waals surface area contributed by atoms with Crippen molar-refractivity contribution in [3.8, 4) is 0 Å². The third-order valence-electron chi connectivity index (χ3n) is 5.94. The zero-order valence-corrected chi connectivity index (χ0v) is 24.3. The van der Waals surface area contributed by atoms with Gasteiger partial charge in [-0.25, -0.2) is 4.57 Å². The minimum atomic E-state index is -4.60. The smallest absolute Gasteiger partial charge is 0.457 e. The maximum Gasteiger partial charge on any atom is 0.473 e. The first kappa shape index (κ1) is 35.2. The van der Waals surface area contributed by atoms with Crippen molar-refractivity contribution in [2.75, 3.05) is 40.9 Å². The second-order valence-electron chi connectivity index (χ2n) is 10.6. The van der Waals surface area contributed by atoms with E-state index in [1.165, 1.54) is 57.8 Å². The van der Waals surface area contributed by atoms with Gasteiger partial charge < -0.3 is 19.2 Å². The Morgan fingerprint density at radius 3 is 1.75 bits per heavy atom. The van der Waals surface area contributed by atoms with E-state index >= 15 is 0 Å². The summed E-state index contributed by atoms with van der Waals surface area (Å²) in [7, 11) is 1.10. The van der Waals surface area contributed by atoms with Crippen LogP contribution in [0.5, 0.6) is 0 Å². The molecule has 36 heavy (non-hydrogen) atoms. The summed E-state index contributed by atoms with van der Waals surface area (Å²) in [5.41, 5.74) is 0. The lowest BCUT2D eigenvalue weighted by Crippen LogP contribution is -2.41. The number of phosphoric acid groups is 1. The zero-order valence-electron chi connectivity index (χ0n) is 23.4. The van der Waals surface area contributed by atoms with Crippen molar-refractivity contribution in [3.05, 3.63) is 0 Å². The number of ketones is 1. The highest BCUT2D eigenvalue weighted by Gasteiger charge is 2.38. The molecule has 0 heterocycles. The summed E-state index contributed by atoms with van der Waals surface area (Å²) in [6, 6.07) is 0. The van der Waals surface area contributed by atoms with Gasteiger partial charge in [-0.15, -0.1) is 0 Å². The van der Waals surface area contributed by atoms with Crippen LogP contribution < -0.4 is 0 Å². The molecule has 0 aliphatic heterocycles. The molecule has 0 saturated carbocycles. The van der Waals surface area contributed by atoms with Gasteiger partial charge in [0.2, 0.25) is 0 Å². The van der Waals surface area contributed by atoms with Crippen molar-refractivity contribution in [2.24, 2.45) is 0 Å². The monoisotopic (exact) mass is 538 g/mol. The topological polar surface area (TPSA) is 119 Å². The number of esters is 1. The predicted octanol–water partition coefficient (Wildman–Crippen LogP) is 5.17. The molecule has 0 bridgehead atoms. The molecule has 0 aromatic rings. The number of hydrogen-bond acceptors (Lipinski definition) is 7. The molecule has 0 fully saturated rings. The Kier molecular flexibility index (Phi) is 19.7. The van der Waals surface area contributed by atoms with Crippen molar-refractivity contribution in [1.29, 1.82) is 0 Å². The second kappa shape index (κ2) is 20.2. The highest BCUT2D eigenvalue weighted by atomic mass is 31.2. The molecule has 0 aromatic carbocycles. The van der Waals surface area contributed by atoms with Crippen LogP contribution in [0.1, 0.15) is 104 Å². The lowest BCUT2D eigenvalue weighted by atomic mass is 10.0. The number of aliphatic hydroxyl groups excluding tert-OH is 1. The summed E-state index contributed by atoms with van der Waals surface area (Å²) in [6.07, 6.45) is 12.4. The Labute approximate surface area is 219 Å². The SMILES string of the molecule is CCCCCCCCCCCCCCCC(=O)C(OP(=O)(O)OCC[N+](C)(C)C)[C@H](CO)OC(C)=O. The van der Waals surface area contributed by atoms with Crippen LogP contribution in [0.2, 0.25) is 0 Å². The average Bonchev–Trinajstić information content (AvgIpc) is 2.77. The fourth-order valence-corrected chi connectivity index (χ4v) is 4.72. The molecule has 0 spiro atoms. The Hall–Kier alpha value is -0.830. The van der Waals surface area contributed by atoms with Gasteiger partial charge in [0.05, 0.1) is 27.7 Å². The number of unbranched alkanes of at least 4 members (excludes halogenated alkanes) is 12. The van der Waals surface area contributed by atoms with Gasteiger partial charge in [0.15, 0.2) is 18.0 Å². The summed E-state index contributed by atoms with van der Waals surface area (Å²) in [5, 5.41) is 9.63. The van der Waals surface area contributed by atoms with Crippen LogP contribution in [-0.2, 0) is 27.9 Å². The van der Waals surface area contributed by atoms with Gasteiger partial charge in [0.25, 0.3) is 0 Å². The molecule has 0 rings (SSSR count). The Bertz CT molecular complexity index is 638. The van der Waals surface area contributed by atoms with E-state index in [1.807, 2.05) is 21.1 Å².